The Balaban J connectivity index is 2.11. The molecule has 136 valence electrons. The number of rotatable bonds is 5. The first kappa shape index (κ1) is 18.6. The van der Waals surface area contributed by atoms with Gasteiger partial charge in [0.1, 0.15) is 0 Å². The predicted octanol–water partition coefficient (Wildman–Crippen LogP) is 1.05. The normalized spacial score (nSPS) is 14.2. The van der Waals surface area contributed by atoms with Crippen LogP contribution in [-0.2, 0) is 28.9 Å². The zero-order valence-electron chi connectivity index (χ0n) is 13.2. The van der Waals surface area contributed by atoms with Crippen LogP contribution >= 0.6 is 0 Å². The van der Waals surface area contributed by atoms with Gasteiger partial charge in [0.25, 0.3) is 5.56 Å². The lowest BCUT2D eigenvalue weighted by Crippen LogP contribution is -2.43. The molecule has 0 bridgehead atoms. The van der Waals surface area contributed by atoms with Crippen LogP contribution in [0.2, 0.25) is 0 Å². The number of esters is 1. The quantitative estimate of drug-likeness (QED) is 0.793. The van der Waals surface area contributed by atoms with E-state index in [2.05, 4.69) is 14.7 Å². The first-order valence-corrected chi connectivity index (χ1v) is 6.95. The fourth-order valence-electron chi connectivity index (χ4n) is 1.90. The number of ether oxygens (including phenoxy) is 1. The Morgan fingerprint density at radius 2 is 2.08 bits per heavy atom. The van der Waals surface area contributed by atoms with Crippen LogP contribution in [0.15, 0.2) is 27.6 Å². The van der Waals surface area contributed by atoms with Gasteiger partial charge in [-0.05, 0) is 13.0 Å². The molecule has 0 spiro atoms. The molecule has 0 saturated heterocycles. The summed E-state index contributed by atoms with van der Waals surface area (Å²) < 4.78 is 48.2. The summed E-state index contributed by atoms with van der Waals surface area (Å²) in [4.78, 5) is 27.4. The monoisotopic (exact) mass is 361 g/mol. The highest BCUT2D eigenvalue weighted by atomic mass is 19.4. The molecule has 0 aromatic carbocycles. The number of alkyl halides is 3. The van der Waals surface area contributed by atoms with E-state index in [1.54, 1.807) is 0 Å². The van der Waals surface area contributed by atoms with Crippen molar-refractivity contribution in [3.8, 4) is 0 Å². The molecule has 2 aromatic rings. The van der Waals surface area contributed by atoms with E-state index in [1.807, 2.05) is 0 Å². The molecule has 0 aliphatic carbocycles. The van der Waals surface area contributed by atoms with E-state index in [1.165, 1.54) is 6.92 Å². The second kappa shape index (κ2) is 6.67. The molecule has 0 radical (unpaired) electrons. The third-order valence-corrected chi connectivity index (χ3v) is 3.13. The van der Waals surface area contributed by atoms with Gasteiger partial charge in [-0.1, -0.05) is 5.16 Å². The Labute approximate surface area is 138 Å². The number of pyridine rings is 1. The predicted molar refractivity (Wildman–Crippen MR) is 75.2 cm³/mol. The summed E-state index contributed by atoms with van der Waals surface area (Å²) in [7, 11) is 0. The largest absolute Gasteiger partial charge is 0.455 e. The van der Waals surface area contributed by atoms with E-state index >= 15 is 0 Å². The first-order chi connectivity index (χ1) is 11.5. The van der Waals surface area contributed by atoms with E-state index in [9.17, 15) is 27.9 Å². The minimum absolute atomic E-state index is 0.0536. The highest BCUT2D eigenvalue weighted by Gasteiger charge is 2.35. The molecule has 0 saturated carbocycles. The van der Waals surface area contributed by atoms with E-state index in [-0.39, 0.29) is 11.7 Å². The standard InChI is InChI=1S/C14H14F3N3O5/c1-8-18-10(19-25-8)6-24-12(22)13(2,23)7-20-5-9(14(15,16)17)3-4-11(20)21/h3-5,23H,6-7H2,1-2H3. The van der Waals surface area contributed by atoms with Gasteiger partial charge in [-0.25, -0.2) is 4.79 Å². The van der Waals surface area contributed by atoms with Gasteiger partial charge in [0.05, 0.1) is 12.1 Å². The molecule has 2 heterocycles. The number of carbonyl (C=O) groups excluding carboxylic acids is 1. The van der Waals surface area contributed by atoms with Gasteiger partial charge in [-0.15, -0.1) is 0 Å². The second-order valence-electron chi connectivity index (χ2n) is 5.46. The summed E-state index contributed by atoms with van der Waals surface area (Å²) in [6.45, 7) is 1.42. The van der Waals surface area contributed by atoms with Gasteiger partial charge in [-0.3, -0.25) is 4.79 Å². The summed E-state index contributed by atoms with van der Waals surface area (Å²) in [6, 6.07) is 1.32. The van der Waals surface area contributed by atoms with Gasteiger partial charge in [0.15, 0.2) is 12.2 Å². The fourth-order valence-corrected chi connectivity index (χ4v) is 1.90. The zero-order chi connectivity index (χ0) is 18.8. The molecule has 1 unspecified atom stereocenters. The van der Waals surface area contributed by atoms with Crippen molar-refractivity contribution in [1.29, 1.82) is 0 Å². The molecule has 11 heteroatoms. The third kappa shape index (κ3) is 4.66. The third-order valence-electron chi connectivity index (χ3n) is 3.13. The van der Waals surface area contributed by atoms with Crippen molar-refractivity contribution in [2.75, 3.05) is 0 Å². The van der Waals surface area contributed by atoms with E-state index in [4.69, 9.17) is 4.74 Å². The minimum Gasteiger partial charge on any atom is -0.455 e. The lowest BCUT2D eigenvalue weighted by atomic mass is 10.1. The van der Waals surface area contributed by atoms with Gasteiger partial charge >= 0.3 is 12.1 Å². The number of carbonyl (C=O) groups is 1. The van der Waals surface area contributed by atoms with Crippen LogP contribution in [0.1, 0.15) is 24.2 Å². The highest BCUT2D eigenvalue weighted by molar-refractivity contribution is 5.78. The van der Waals surface area contributed by atoms with E-state index < -0.39 is 42.0 Å². The number of hydrogen-bond acceptors (Lipinski definition) is 7. The van der Waals surface area contributed by atoms with E-state index in [0.29, 0.717) is 22.9 Å². The molecule has 0 aliphatic heterocycles. The van der Waals surface area contributed by atoms with Crippen LogP contribution < -0.4 is 5.56 Å². The van der Waals surface area contributed by atoms with Crippen molar-refractivity contribution in [1.82, 2.24) is 14.7 Å². The maximum atomic E-state index is 12.7. The zero-order valence-corrected chi connectivity index (χ0v) is 13.2. The molecule has 2 rings (SSSR count). The molecule has 1 N–H and O–H groups in total. The Hall–Kier alpha value is -2.69. The summed E-state index contributed by atoms with van der Waals surface area (Å²) in [5.74, 6) is -0.856. The summed E-state index contributed by atoms with van der Waals surface area (Å²) >= 11 is 0. The number of nitrogens with zero attached hydrogens (tertiary/aromatic N) is 3. The number of aryl methyl sites for hydroxylation is 1. The lowest BCUT2D eigenvalue weighted by Gasteiger charge is -2.22. The summed E-state index contributed by atoms with van der Waals surface area (Å²) in [5.41, 5.74) is -4.14. The maximum absolute atomic E-state index is 12.7. The average Bonchev–Trinajstić information content (AvgIpc) is 2.91. The van der Waals surface area contributed by atoms with Crippen molar-refractivity contribution in [2.45, 2.75) is 38.8 Å². The van der Waals surface area contributed by atoms with Crippen molar-refractivity contribution in [3.63, 3.8) is 0 Å². The van der Waals surface area contributed by atoms with Crippen LogP contribution in [0.3, 0.4) is 0 Å². The number of aliphatic hydroxyl groups is 1. The molecule has 25 heavy (non-hydrogen) atoms. The highest BCUT2D eigenvalue weighted by Crippen LogP contribution is 2.28. The van der Waals surface area contributed by atoms with Crippen LogP contribution in [-0.4, -0.2) is 31.4 Å². The molecular formula is C14H14F3N3O5. The van der Waals surface area contributed by atoms with Gasteiger partial charge in [0.2, 0.25) is 11.7 Å². The smallest absolute Gasteiger partial charge is 0.417 e. The van der Waals surface area contributed by atoms with Crippen molar-refractivity contribution in [2.24, 2.45) is 0 Å². The van der Waals surface area contributed by atoms with Gasteiger partial charge in [0, 0.05) is 19.2 Å². The lowest BCUT2D eigenvalue weighted by molar-refractivity contribution is -0.166. The average molecular weight is 361 g/mol. The van der Waals surface area contributed by atoms with Crippen LogP contribution in [0.4, 0.5) is 13.2 Å². The van der Waals surface area contributed by atoms with Crippen LogP contribution in [0.25, 0.3) is 0 Å². The molecule has 2 aromatic heterocycles. The summed E-state index contributed by atoms with van der Waals surface area (Å²) in [5, 5.41) is 13.6. The molecule has 0 fully saturated rings. The molecule has 0 amide bonds. The minimum atomic E-state index is -4.67. The number of hydrogen-bond donors (Lipinski definition) is 1. The van der Waals surface area contributed by atoms with Crippen molar-refractivity contribution >= 4 is 5.97 Å². The van der Waals surface area contributed by atoms with Crippen molar-refractivity contribution in [3.05, 3.63) is 46.0 Å². The summed E-state index contributed by atoms with van der Waals surface area (Å²) in [6.07, 6.45) is -4.15. The first-order valence-electron chi connectivity index (χ1n) is 6.95. The maximum Gasteiger partial charge on any atom is 0.417 e. The molecule has 0 aliphatic rings. The van der Waals surface area contributed by atoms with Crippen molar-refractivity contribution < 1.29 is 32.3 Å². The Morgan fingerprint density at radius 1 is 1.40 bits per heavy atom. The fraction of sp³-hybridized carbons (Fsp3) is 0.429. The molecular weight excluding hydrogens is 347 g/mol. The van der Waals surface area contributed by atoms with Gasteiger partial charge < -0.3 is 18.9 Å². The Kier molecular flexibility index (Phi) is 4.97. The SMILES string of the molecule is Cc1nc(COC(=O)C(C)(O)Cn2cc(C(F)(F)F)ccc2=O)no1. The Morgan fingerprint density at radius 3 is 2.64 bits per heavy atom. The Bertz CT molecular complexity index is 826. The topological polar surface area (TPSA) is 107 Å². The number of aromatic nitrogens is 3. The van der Waals surface area contributed by atoms with Gasteiger partial charge in [-0.2, -0.15) is 18.2 Å². The van der Waals surface area contributed by atoms with E-state index in [0.717, 1.165) is 6.92 Å². The van der Waals surface area contributed by atoms with Crippen LogP contribution in [0, 0.1) is 6.92 Å². The van der Waals surface area contributed by atoms with Crippen LogP contribution in [0.5, 0.6) is 0 Å². The molecule has 1 atom stereocenters. The molecule has 8 nitrogen and oxygen atoms in total. The number of halogens is 3. The second-order valence-corrected chi connectivity index (χ2v) is 5.46.